The van der Waals surface area contributed by atoms with E-state index in [4.69, 9.17) is 5.41 Å². The predicted octanol–water partition coefficient (Wildman–Crippen LogP) is 5.94. The van der Waals surface area contributed by atoms with E-state index >= 15 is 0 Å². The Balaban J connectivity index is 1.88. The quantitative estimate of drug-likeness (QED) is 0.543. The molecule has 1 aromatic heterocycles. The molecule has 0 radical (unpaired) electrons. The minimum atomic E-state index is 0.693. The molecule has 0 saturated carbocycles. The standard InChI is InChI=1S/C23H27N3/c1-5-6-22(24)21-12-17(4)26-23-13-19(7-8-20(21)23)25-14-18-10-15(2)9-16(3)11-18/h7-13,24-25H,5-6,14H2,1-4H3. The zero-order chi connectivity index (χ0) is 18.7. The first-order valence-electron chi connectivity index (χ1n) is 9.26. The summed E-state index contributed by atoms with van der Waals surface area (Å²) in [5, 5.41) is 12.9. The Morgan fingerprint density at radius 2 is 1.73 bits per heavy atom. The van der Waals surface area contributed by atoms with Gasteiger partial charge >= 0.3 is 0 Å². The fraction of sp³-hybridized carbons (Fsp3) is 0.304. The maximum absolute atomic E-state index is 8.35. The van der Waals surface area contributed by atoms with Crippen LogP contribution in [-0.2, 0) is 6.54 Å². The number of nitrogens with zero attached hydrogens (tertiary/aromatic N) is 1. The van der Waals surface area contributed by atoms with Crippen molar-refractivity contribution in [2.24, 2.45) is 0 Å². The number of hydrogen-bond donors (Lipinski definition) is 2. The molecule has 3 nitrogen and oxygen atoms in total. The molecular formula is C23H27N3. The Hall–Kier alpha value is -2.68. The number of anilines is 1. The molecule has 0 atom stereocenters. The second-order valence-electron chi connectivity index (χ2n) is 7.12. The predicted molar refractivity (Wildman–Crippen MR) is 111 cm³/mol. The molecule has 0 aliphatic rings. The Morgan fingerprint density at radius 3 is 2.42 bits per heavy atom. The lowest BCUT2D eigenvalue weighted by Gasteiger charge is -2.12. The van der Waals surface area contributed by atoms with Gasteiger partial charge in [0.1, 0.15) is 0 Å². The summed E-state index contributed by atoms with van der Waals surface area (Å²) in [6.07, 6.45) is 1.78. The van der Waals surface area contributed by atoms with E-state index in [9.17, 15) is 0 Å². The summed E-state index contributed by atoms with van der Waals surface area (Å²) in [5.41, 5.74) is 8.53. The molecule has 2 aromatic carbocycles. The van der Waals surface area contributed by atoms with Gasteiger partial charge in [-0.2, -0.15) is 0 Å². The lowest BCUT2D eigenvalue weighted by Crippen LogP contribution is -2.03. The highest BCUT2D eigenvalue weighted by atomic mass is 14.9. The van der Waals surface area contributed by atoms with E-state index in [1.165, 1.54) is 16.7 Å². The summed E-state index contributed by atoms with van der Waals surface area (Å²) in [6, 6.07) is 14.9. The van der Waals surface area contributed by atoms with Gasteiger partial charge < -0.3 is 10.7 Å². The maximum atomic E-state index is 8.35. The first kappa shape index (κ1) is 18.1. The molecule has 26 heavy (non-hydrogen) atoms. The van der Waals surface area contributed by atoms with Crippen molar-refractivity contribution < 1.29 is 0 Å². The van der Waals surface area contributed by atoms with Crippen LogP contribution in [0.1, 0.15) is 47.7 Å². The van der Waals surface area contributed by atoms with Crippen LogP contribution in [0.4, 0.5) is 5.69 Å². The van der Waals surface area contributed by atoms with Crippen LogP contribution < -0.4 is 5.32 Å². The van der Waals surface area contributed by atoms with Crippen LogP contribution >= 0.6 is 0 Å². The molecule has 0 fully saturated rings. The Labute approximate surface area is 156 Å². The SMILES string of the molecule is CCCC(=N)c1cc(C)nc2cc(NCc3cc(C)cc(C)c3)ccc12. The number of hydrogen-bond acceptors (Lipinski definition) is 3. The lowest BCUT2D eigenvalue weighted by molar-refractivity contribution is 0.986. The third kappa shape index (κ3) is 4.10. The largest absolute Gasteiger partial charge is 0.381 e. The molecule has 0 spiro atoms. The molecule has 0 unspecified atom stereocenters. The summed E-state index contributed by atoms with van der Waals surface area (Å²) in [5.74, 6) is 0. The topological polar surface area (TPSA) is 48.8 Å². The second-order valence-corrected chi connectivity index (χ2v) is 7.12. The third-order valence-electron chi connectivity index (χ3n) is 4.54. The monoisotopic (exact) mass is 345 g/mol. The van der Waals surface area contributed by atoms with E-state index < -0.39 is 0 Å². The van der Waals surface area contributed by atoms with Crippen molar-refractivity contribution in [3.8, 4) is 0 Å². The summed E-state index contributed by atoms with van der Waals surface area (Å²) in [4.78, 5) is 4.69. The Kier molecular flexibility index (Phi) is 5.36. The Bertz CT molecular complexity index is 937. The van der Waals surface area contributed by atoms with E-state index in [-0.39, 0.29) is 0 Å². The van der Waals surface area contributed by atoms with Crippen molar-refractivity contribution in [3.63, 3.8) is 0 Å². The molecule has 0 aliphatic heterocycles. The van der Waals surface area contributed by atoms with Gasteiger partial charge in [-0.05, 0) is 51.0 Å². The average molecular weight is 345 g/mol. The summed E-state index contributed by atoms with van der Waals surface area (Å²) in [7, 11) is 0. The van der Waals surface area contributed by atoms with Crippen LogP contribution in [-0.4, -0.2) is 10.7 Å². The summed E-state index contributed by atoms with van der Waals surface area (Å²) in [6.45, 7) is 9.16. The summed E-state index contributed by atoms with van der Waals surface area (Å²) >= 11 is 0. The number of aryl methyl sites for hydroxylation is 3. The van der Waals surface area contributed by atoms with Crippen molar-refractivity contribution in [2.45, 2.75) is 47.1 Å². The highest BCUT2D eigenvalue weighted by Crippen LogP contribution is 2.24. The molecule has 0 saturated heterocycles. The van der Waals surface area contributed by atoms with Gasteiger partial charge in [0.05, 0.1) is 5.52 Å². The van der Waals surface area contributed by atoms with E-state index in [1.807, 2.05) is 13.0 Å². The number of nitrogens with one attached hydrogen (secondary N) is 2. The highest BCUT2D eigenvalue weighted by Gasteiger charge is 2.09. The molecule has 0 aliphatic carbocycles. The number of rotatable bonds is 6. The normalized spacial score (nSPS) is 10.9. The maximum Gasteiger partial charge on any atom is 0.0732 e. The van der Waals surface area contributed by atoms with Crippen molar-refractivity contribution in [2.75, 3.05) is 5.32 Å². The van der Waals surface area contributed by atoms with E-state index in [2.05, 4.69) is 67.5 Å². The van der Waals surface area contributed by atoms with E-state index in [0.29, 0.717) is 5.71 Å². The Morgan fingerprint density at radius 1 is 1.00 bits per heavy atom. The van der Waals surface area contributed by atoms with Crippen LogP contribution in [0.2, 0.25) is 0 Å². The minimum Gasteiger partial charge on any atom is -0.381 e. The number of aromatic nitrogens is 1. The molecule has 3 aromatic rings. The van der Waals surface area contributed by atoms with Crippen LogP contribution in [0, 0.1) is 26.2 Å². The number of benzene rings is 2. The first-order chi connectivity index (χ1) is 12.5. The molecule has 3 heteroatoms. The van der Waals surface area contributed by atoms with Crippen molar-refractivity contribution >= 4 is 22.3 Å². The van der Waals surface area contributed by atoms with Crippen molar-refractivity contribution in [3.05, 3.63) is 70.4 Å². The van der Waals surface area contributed by atoms with Gasteiger partial charge in [0.2, 0.25) is 0 Å². The molecule has 0 amide bonds. The molecule has 0 bridgehead atoms. The molecule has 1 heterocycles. The van der Waals surface area contributed by atoms with Gasteiger partial charge in [0.15, 0.2) is 0 Å². The average Bonchev–Trinajstić information content (AvgIpc) is 2.58. The van der Waals surface area contributed by atoms with E-state index in [0.717, 1.165) is 47.2 Å². The highest BCUT2D eigenvalue weighted by molar-refractivity contribution is 6.09. The molecule has 134 valence electrons. The van der Waals surface area contributed by atoms with Crippen molar-refractivity contribution in [1.29, 1.82) is 5.41 Å². The van der Waals surface area contributed by atoms with Gasteiger partial charge in [0, 0.05) is 34.6 Å². The van der Waals surface area contributed by atoms with Gasteiger partial charge in [-0.3, -0.25) is 4.98 Å². The van der Waals surface area contributed by atoms with Crippen LogP contribution in [0.25, 0.3) is 10.9 Å². The van der Waals surface area contributed by atoms with Crippen LogP contribution in [0.15, 0.2) is 42.5 Å². The van der Waals surface area contributed by atoms with Gasteiger partial charge in [-0.15, -0.1) is 0 Å². The third-order valence-corrected chi connectivity index (χ3v) is 4.54. The number of pyridine rings is 1. The minimum absolute atomic E-state index is 0.693. The van der Waals surface area contributed by atoms with Crippen molar-refractivity contribution in [1.82, 2.24) is 4.98 Å². The molecule has 3 rings (SSSR count). The van der Waals surface area contributed by atoms with Gasteiger partial charge in [-0.25, -0.2) is 0 Å². The van der Waals surface area contributed by atoms with Gasteiger partial charge in [0.25, 0.3) is 0 Å². The zero-order valence-electron chi connectivity index (χ0n) is 16.1. The smallest absolute Gasteiger partial charge is 0.0732 e. The first-order valence-corrected chi connectivity index (χ1v) is 9.26. The van der Waals surface area contributed by atoms with Gasteiger partial charge in [-0.1, -0.05) is 48.7 Å². The summed E-state index contributed by atoms with van der Waals surface area (Å²) < 4.78 is 0. The second kappa shape index (κ2) is 7.69. The van der Waals surface area contributed by atoms with E-state index in [1.54, 1.807) is 0 Å². The zero-order valence-corrected chi connectivity index (χ0v) is 16.1. The number of fused-ring (bicyclic) bond motifs is 1. The molecular weight excluding hydrogens is 318 g/mol. The molecule has 2 N–H and O–H groups in total. The fourth-order valence-corrected chi connectivity index (χ4v) is 3.48. The van der Waals surface area contributed by atoms with Crippen LogP contribution in [0.3, 0.4) is 0 Å². The fourth-order valence-electron chi connectivity index (χ4n) is 3.48. The van der Waals surface area contributed by atoms with Crippen LogP contribution in [0.5, 0.6) is 0 Å². The lowest BCUT2D eigenvalue weighted by atomic mass is 10.00.